The van der Waals surface area contributed by atoms with Crippen molar-refractivity contribution < 1.29 is 5.11 Å². The lowest BCUT2D eigenvalue weighted by atomic mass is 10.1. The van der Waals surface area contributed by atoms with E-state index in [0.717, 1.165) is 23.4 Å². The third kappa shape index (κ3) is 2.71. The van der Waals surface area contributed by atoms with Crippen LogP contribution in [0.15, 0.2) is 30.6 Å². The molecule has 0 aromatic carbocycles. The lowest BCUT2D eigenvalue weighted by Crippen LogP contribution is -2.06. The predicted octanol–water partition coefficient (Wildman–Crippen LogP) is 1.65. The van der Waals surface area contributed by atoms with E-state index in [1.165, 1.54) is 0 Å². The van der Waals surface area contributed by atoms with Crippen molar-refractivity contribution in [1.29, 1.82) is 0 Å². The number of aryl methyl sites for hydroxylation is 2. The Hall–Kier alpha value is -1.68. The molecule has 0 aliphatic rings. The summed E-state index contributed by atoms with van der Waals surface area (Å²) in [6, 6.07) is 5.72. The van der Waals surface area contributed by atoms with Gasteiger partial charge in [0.1, 0.15) is 0 Å². The Morgan fingerprint density at radius 3 is 2.65 bits per heavy atom. The molecule has 2 aromatic heterocycles. The van der Waals surface area contributed by atoms with Gasteiger partial charge in [-0.1, -0.05) is 6.92 Å². The molecule has 1 unspecified atom stereocenters. The highest BCUT2D eigenvalue weighted by Gasteiger charge is 2.12. The second-order valence-electron chi connectivity index (χ2n) is 4.10. The molecule has 2 heterocycles. The van der Waals surface area contributed by atoms with Crippen LogP contribution in [0.25, 0.3) is 0 Å². The SMILES string of the molecule is CCc1cc(CC(O)c2ccncc2)n(C)n1. The van der Waals surface area contributed by atoms with E-state index < -0.39 is 6.10 Å². The fourth-order valence-corrected chi connectivity index (χ4v) is 1.84. The number of aliphatic hydroxyl groups is 1. The van der Waals surface area contributed by atoms with E-state index in [1.807, 2.05) is 29.9 Å². The Labute approximate surface area is 101 Å². The van der Waals surface area contributed by atoms with E-state index in [9.17, 15) is 5.11 Å². The molecule has 1 atom stereocenters. The molecular weight excluding hydrogens is 214 g/mol. The molecule has 4 heteroatoms. The topological polar surface area (TPSA) is 50.9 Å². The summed E-state index contributed by atoms with van der Waals surface area (Å²) in [6.45, 7) is 2.07. The van der Waals surface area contributed by atoms with Crippen LogP contribution in [-0.2, 0) is 19.9 Å². The highest BCUT2D eigenvalue weighted by molar-refractivity contribution is 5.18. The normalized spacial score (nSPS) is 12.6. The van der Waals surface area contributed by atoms with E-state index >= 15 is 0 Å². The van der Waals surface area contributed by atoms with E-state index in [4.69, 9.17) is 0 Å². The maximum atomic E-state index is 10.1. The van der Waals surface area contributed by atoms with Crippen molar-refractivity contribution in [2.45, 2.75) is 25.9 Å². The molecular formula is C13H17N3O. The second-order valence-corrected chi connectivity index (χ2v) is 4.10. The number of hydrogen-bond acceptors (Lipinski definition) is 3. The first kappa shape index (κ1) is 11.8. The van der Waals surface area contributed by atoms with Crippen LogP contribution in [0.1, 0.15) is 30.0 Å². The van der Waals surface area contributed by atoms with Crippen LogP contribution in [0.3, 0.4) is 0 Å². The van der Waals surface area contributed by atoms with Gasteiger partial charge >= 0.3 is 0 Å². The molecule has 4 nitrogen and oxygen atoms in total. The van der Waals surface area contributed by atoms with Crippen LogP contribution < -0.4 is 0 Å². The average Bonchev–Trinajstić information content (AvgIpc) is 2.71. The first-order chi connectivity index (χ1) is 8.20. The summed E-state index contributed by atoms with van der Waals surface area (Å²) in [6.07, 6.45) is 4.38. The summed E-state index contributed by atoms with van der Waals surface area (Å²) in [5, 5.41) is 14.5. The summed E-state index contributed by atoms with van der Waals surface area (Å²) < 4.78 is 1.84. The molecule has 1 N–H and O–H groups in total. The number of nitrogens with zero attached hydrogens (tertiary/aromatic N) is 3. The maximum absolute atomic E-state index is 10.1. The number of rotatable bonds is 4. The molecule has 0 aliphatic carbocycles. The van der Waals surface area contributed by atoms with Crippen molar-refractivity contribution in [3.8, 4) is 0 Å². The van der Waals surface area contributed by atoms with Gasteiger partial charge < -0.3 is 5.11 Å². The fraction of sp³-hybridized carbons (Fsp3) is 0.385. The molecule has 0 radical (unpaired) electrons. The zero-order valence-corrected chi connectivity index (χ0v) is 10.2. The van der Waals surface area contributed by atoms with Gasteiger partial charge in [-0.2, -0.15) is 5.10 Å². The first-order valence-electron chi connectivity index (χ1n) is 5.80. The molecule has 0 amide bonds. The van der Waals surface area contributed by atoms with Gasteiger partial charge in [0, 0.05) is 31.6 Å². The Morgan fingerprint density at radius 2 is 2.06 bits per heavy atom. The number of aromatic nitrogens is 3. The Balaban J connectivity index is 2.13. The summed E-state index contributed by atoms with van der Waals surface area (Å²) >= 11 is 0. The van der Waals surface area contributed by atoms with Crippen LogP contribution in [0.5, 0.6) is 0 Å². The minimum absolute atomic E-state index is 0.502. The van der Waals surface area contributed by atoms with Crippen molar-refractivity contribution in [2.75, 3.05) is 0 Å². The minimum atomic E-state index is -0.502. The Morgan fingerprint density at radius 1 is 1.35 bits per heavy atom. The van der Waals surface area contributed by atoms with E-state index in [1.54, 1.807) is 12.4 Å². The standard InChI is InChI=1S/C13H17N3O/c1-3-11-8-12(16(2)15-11)9-13(17)10-4-6-14-7-5-10/h4-8,13,17H,3,9H2,1-2H3. The van der Waals surface area contributed by atoms with Gasteiger partial charge in [-0.05, 0) is 30.2 Å². The zero-order chi connectivity index (χ0) is 12.3. The molecule has 2 rings (SSSR count). The molecule has 0 spiro atoms. The fourth-order valence-electron chi connectivity index (χ4n) is 1.84. The molecule has 17 heavy (non-hydrogen) atoms. The van der Waals surface area contributed by atoms with Gasteiger partial charge in [-0.15, -0.1) is 0 Å². The smallest absolute Gasteiger partial charge is 0.0846 e. The Kier molecular flexibility index (Phi) is 3.54. The highest BCUT2D eigenvalue weighted by Crippen LogP contribution is 2.17. The van der Waals surface area contributed by atoms with Gasteiger partial charge in [0.2, 0.25) is 0 Å². The lowest BCUT2D eigenvalue weighted by molar-refractivity contribution is 0.175. The van der Waals surface area contributed by atoms with Crippen LogP contribution >= 0.6 is 0 Å². The maximum Gasteiger partial charge on any atom is 0.0846 e. The molecule has 0 aliphatic heterocycles. The van der Waals surface area contributed by atoms with Crippen LogP contribution in [0, 0.1) is 0 Å². The van der Waals surface area contributed by atoms with Crippen molar-refractivity contribution >= 4 is 0 Å². The summed E-state index contributed by atoms with van der Waals surface area (Å²) in [4.78, 5) is 3.94. The Bertz CT molecular complexity index is 479. The predicted molar refractivity (Wildman–Crippen MR) is 65.5 cm³/mol. The van der Waals surface area contributed by atoms with Crippen molar-refractivity contribution in [3.63, 3.8) is 0 Å². The minimum Gasteiger partial charge on any atom is -0.388 e. The van der Waals surface area contributed by atoms with Gasteiger partial charge in [0.05, 0.1) is 11.8 Å². The molecule has 0 saturated heterocycles. The van der Waals surface area contributed by atoms with Gasteiger partial charge in [0.25, 0.3) is 0 Å². The lowest BCUT2D eigenvalue weighted by Gasteiger charge is -2.10. The molecule has 0 fully saturated rings. The van der Waals surface area contributed by atoms with Crippen molar-refractivity contribution in [2.24, 2.45) is 7.05 Å². The second kappa shape index (κ2) is 5.10. The van der Waals surface area contributed by atoms with Gasteiger partial charge in [0.15, 0.2) is 0 Å². The summed E-state index contributed by atoms with van der Waals surface area (Å²) in [7, 11) is 1.91. The quantitative estimate of drug-likeness (QED) is 0.870. The van der Waals surface area contributed by atoms with Crippen molar-refractivity contribution in [1.82, 2.24) is 14.8 Å². The zero-order valence-electron chi connectivity index (χ0n) is 10.2. The third-order valence-electron chi connectivity index (χ3n) is 2.88. The van der Waals surface area contributed by atoms with Crippen molar-refractivity contribution in [3.05, 3.63) is 47.5 Å². The van der Waals surface area contributed by atoms with Gasteiger partial charge in [-0.3, -0.25) is 9.67 Å². The highest BCUT2D eigenvalue weighted by atomic mass is 16.3. The van der Waals surface area contributed by atoms with Gasteiger partial charge in [-0.25, -0.2) is 0 Å². The number of hydrogen-bond donors (Lipinski definition) is 1. The monoisotopic (exact) mass is 231 g/mol. The van der Waals surface area contributed by atoms with Crippen LogP contribution in [0.2, 0.25) is 0 Å². The molecule has 2 aromatic rings. The molecule has 0 saturated carbocycles. The summed E-state index contributed by atoms with van der Waals surface area (Å²) in [5.41, 5.74) is 3.00. The number of pyridine rings is 1. The summed E-state index contributed by atoms with van der Waals surface area (Å²) in [5.74, 6) is 0. The van der Waals surface area contributed by atoms with E-state index in [-0.39, 0.29) is 0 Å². The van der Waals surface area contributed by atoms with Crippen LogP contribution in [0.4, 0.5) is 0 Å². The van der Waals surface area contributed by atoms with E-state index in [0.29, 0.717) is 6.42 Å². The average molecular weight is 231 g/mol. The number of aliphatic hydroxyl groups excluding tert-OH is 1. The molecule has 90 valence electrons. The third-order valence-corrected chi connectivity index (χ3v) is 2.88. The van der Waals surface area contributed by atoms with E-state index in [2.05, 4.69) is 17.0 Å². The van der Waals surface area contributed by atoms with Crippen LogP contribution in [-0.4, -0.2) is 19.9 Å². The molecule has 0 bridgehead atoms. The largest absolute Gasteiger partial charge is 0.388 e. The first-order valence-corrected chi connectivity index (χ1v) is 5.80.